The van der Waals surface area contributed by atoms with Crippen molar-refractivity contribution < 1.29 is 14.3 Å². The van der Waals surface area contributed by atoms with Crippen molar-refractivity contribution in [3.8, 4) is 0 Å². The fraction of sp³-hybridized carbons (Fsp3) is 0.750. The highest BCUT2D eigenvalue weighted by atomic mass is 16.5. The van der Waals surface area contributed by atoms with Crippen LogP contribution in [0.4, 0.5) is 0 Å². The zero-order valence-corrected chi connectivity index (χ0v) is 10.2. The van der Waals surface area contributed by atoms with Gasteiger partial charge >= 0.3 is 5.97 Å². The van der Waals surface area contributed by atoms with Crippen molar-refractivity contribution in [2.45, 2.75) is 34.1 Å². The number of esters is 1. The molecule has 88 valence electrons. The van der Waals surface area contributed by atoms with Crippen LogP contribution in [-0.2, 0) is 14.3 Å². The highest BCUT2D eigenvalue weighted by Gasteiger charge is 2.08. The Bertz CT molecular complexity index is 201. The Morgan fingerprint density at radius 1 is 1.33 bits per heavy atom. The van der Waals surface area contributed by atoms with E-state index in [1.165, 1.54) is 6.08 Å². The van der Waals surface area contributed by atoms with Gasteiger partial charge in [0.1, 0.15) is 0 Å². The molecule has 0 aromatic carbocycles. The summed E-state index contributed by atoms with van der Waals surface area (Å²) in [5.74, 6) is -0.308. The lowest BCUT2D eigenvalue weighted by Gasteiger charge is -2.17. The molecule has 0 saturated carbocycles. The largest absolute Gasteiger partial charge is 0.463 e. The molecule has 0 N–H and O–H groups in total. The maximum absolute atomic E-state index is 10.9. The molecule has 0 unspecified atom stereocenters. The van der Waals surface area contributed by atoms with Crippen LogP contribution in [0.1, 0.15) is 34.1 Å². The second kappa shape index (κ2) is 7.46. The maximum atomic E-state index is 10.9. The van der Waals surface area contributed by atoms with Crippen LogP contribution in [-0.4, -0.2) is 25.8 Å². The standard InChI is InChI=1S/C12H22O3/c1-5-15-11(13)7-6-9-14-10-8-12(2,3)4/h6-7H,5,8-10H2,1-4H3/b7-6+. The molecule has 0 aromatic rings. The molecule has 0 aliphatic heterocycles. The lowest BCUT2D eigenvalue weighted by atomic mass is 9.93. The molecule has 0 aromatic heterocycles. The van der Waals surface area contributed by atoms with E-state index in [2.05, 4.69) is 20.8 Å². The van der Waals surface area contributed by atoms with Crippen LogP contribution in [0.25, 0.3) is 0 Å². The molecule has 3 nitrogen and oxygen atoms in total. The normalized spacial score (nSPS) is 12.0. The molecule has 0 amide bonds. The number of carbonyl (C=O) groups excluding carboxylic acids is 1. The molecule has 0 bridgehead atoms. The molecule has 0 aliphatic carbocycles. The minimum absolute atomic E-state index is 0.296. The summed E-state index contributed by atoms with van der Waals surface area (Å²) >= 11 is 0. The zero-order valence-electron chi connectivity index (χ0n) is 10.2. The van der Waals surface area contributed by atoms with E-state index < -0.39 is 0 Å². The Hall–Kier alpha value is -0.830. The second-order valence-electron chi connectivity index (χ2n) is 4.54. The predicted octanol–water partition coefficient (Wildman–Crippen LogP) is 2.56. The average Bonchev–Trinajstić information content (AvgIpc) is 2.09. The van der Waals surface area contributed by atoms with E-state index in [0.717, 1.165) is 13.0 Å². The van der Waals surface area contributed by atoms with E-state index in [1.807, 2.05) is 0 Å². The molecule has 0 fully saturated rings. The van der Waals surface area contributed by atoms with Gasteiger partial charge in [-0.1, -0.05) is 26.8 Å². The molecule has 0 rings (SSSR count). The van der Waals surface area contributed by atoms with Gasteiger partial charge in [0.15, 0.2) is 0 Å². The molecular formula is C12H22O3. The van der Waals surface area contributed by atoms with Gasteiger partial charge in [-0.05, 0) is 18.8 Å². The predicted molar refractivity (Wildman–Crippen MR) is 60.7 cm³/mol. The van der Waals surface area contributed by atoms with Crippen LogP contribution in [0.2, 0.25) is 0 Å². The van der Waals surface area contributed by atoms with Crippen molar-refractivity contribution in [3.05, 3.63) is 12.2 Å². The number of rotatable bonds is 6. The van der Waals surface area contributed by atoms with Crippen LogP contribution < -0.4 is 0 Å². The van der Waals surface area contributed by atoms with E-state index in [0.29, 0.717) is 18.6 Å². The smallest absolute Gasteiger partial charge is 0.330 e. The van der Waals surface area contributed by atoms with E-state index >= 15 is 0 Å². The van der Waals surface area contributed by atoms with Crippen molar-refractivity contribution >= 4 is 5.97 Å². The summed E-state index contributed by atoms with van der Waals surface area (Å²) in [6.07, 6.45) is 4.10. The minimum atomic E-state index is -0.308. The van der Waals surface area contributed by atoms with Gasteiger partial charge in [0.05, 0.1) is 13.2 Å². The van der Waals surface area contributed by atoms with Crippen molar-refractivity contribution in [3.63, 3.8) is 0 Å². The van der Waals surface area contributed by atoms with Gasteiger partial charge in [-0.25, -0.2) is 4.79 Å². The average molecular weight is 214 g/mol. The number of carbonyl (C=O) groups is 1. The van der Waals surface area contributed by atoms with Crippen LogP contribution in [0.3, 0.4) is 0 Å². The summed E-state index contributed by atoms with van der Waals surface area (Å²) in [4.78, 5) is 10.9. The maximum Gasteiger partial charge on any atom is 0.330 e. The molecule has 0 heterocycles. The Morgan fingerprint density at radius 3 is 2.53 bits per heavy atom. The van der Waals surface area contributed by atoms with Crippen LogP contribution in [0.5, 0.6) is 0 Å². The van der Waals surface area contributed by atoms with Gasteiger partial charge in [-0.15, -0.1) is 0 Å². The lowest BCUT2D eigenvalue weighted by molar-refractivity contribution is -0.137. The van der Waals surface area contributed by atoms with Gasteiger partial charge in [0, 0.05) is 12.7 Å². The monoisotopic (exact) mass is 214 g/mol. The van der Waals surface area contributed by atoms with Crippen molar-refractivity contribution in [2.75, 3.05) is 19.8 Å². The SMILES string of the molecule is CCOC(=O)/C=C/COCCC(C)(C)C. The third-order valence-electron chi connectivity index (χ3n) is 1.75. The van der Waals surface area contributed by atoms with Gasteiger partial charge in [-0.2, -0.15) is 0 Å². The van der Waals surface area contributed by atoms with Crippen LogP contribution >= 0.6 is 0 Å². The number of ether oxygens (including phenoxy) is 2. The van der Waals surface area contributed by atoms with Crippen molar-refractivity contribution in [1.29, 1.82) is 0 Å². The Kier molecular flexibility index (Phi) is 7.05. The molecule has 0 spiro atoms. The first kappa shape index (κ1) is 14.2. The first-order chi connectivity index (χ1) is 6.95. The Morgan fingerprint density at radius 2 is 2.00 bits per heavy atom. The summed E-state index contributed by atoms with van der Waals surface area (Å²) < 4.78 is 10.1. The molecule has 0 radical (unpaired) electrons. The first-order valence-corrected chi connectivity index (χ1v) is 5.37. The third-order valence-corrected chi connectivity index (χ3v) is 1.75. The second-order valence-corrected chi connectivity index (χ2v) is 4.54. The van der Waals surface area contributed by atoms with Gasteiger partial charge < -0.3 is 9.47 Å². The molecule has 15 heavy (non-hydrogen) atoms. The summed E-state index contributed by atoms with van der Waals surface area (Å²) in [5, 5.41) is 0. The topological polar surface area (TPSA) is 35.5 Å². The third kappa shape index (κ3) is 11.1. The molecule has 0 aliphatic rings. The summed E-state index contributed by atoms with van der Waals surface area (Å²) in [7, 11) is 0. The van der Waals surface area contributed by atoms with E-state index in [-0.39, 0.29) is 5.97 Å². The van der Waals surface area contributed by atoms with Crippen molar-refractivity contribution in [1.82, 2.24) is 0 Å². The van der Waals surface area contributed by atoms with E-state index in [9.17, 15) is 4.79 Å². The Balaban J connectivity index is 3.42. The van der Waals surface area contributed by atoms with Gasteiger partial charge in [0.2, 0.25) is 0 Å². The summed E-state index contributed by atoms with van der Waals surface area (Å²) in [6.45, 7) is 9.89. The zero-order chi connectivity index (χ0) is 11.7. The first-order valence-electron chi connectivity index (χ1n) is 5.37. The van der Waals surface area contributed by atoms with Crippen LogP contribution in [0.15, 0.2) is 12.2 Å². The lowest BCUT2D eigenvalue weighted by Crippen LogP contribution is -2.09. The summed E-state index contributed by atoms with van der Waals surface area (Å²) in [6, 6.07) is 0. The van der Waals surface area contributed by atoms with Crippen LogP contribution in [0, 0.1) is 5.41 Å². The molecule has 0 saturated heterocycles. The van der Waals surface area contributed by atoms with Gasteiger partial charge in [-0.3, -0.25) is 0 Å². The molecular weight excluding hydrogens is 192 g/mol. The van der Waals surface area contributed by atoms with Gasteiger partial charge in [0.25, 0.3) is 0 Å². The summed E-state index contributed by atoms with van der Waals surface area (Å²) in [5.41, 5.74) is 0.296. The fourth-order valence-electron chi connectivity index (χ4n) is 0.864. The minimum Gasteiger partial charge on any atom is -0.463 e. The highest BCUT2D eigenvalue weighted by molar-refractivity contribution is 5.81. The highest BCUT2D eigenvalue weighted by Crippen LogP contribution is 2.17. The number of hydrogen-bond acceptors (Lipinski definition) is 3. The molecule has 0 atom stereocenters. The molecule has 3 heteroatoms. The van der Waals surface area contributed by atoms with E-state index in [1.54, 1.807) is 13.0 Å². The Labute approximate surface area is 92.5 Å². The fourth-order valence-corrected chi connectivity index (χ4v) is 0.864. The quantitative estimate of drug-likeness (QED) is 0.387. The number of hydrogen-bond donors (Lipinski definition) is 0. The van der Waals surface area contributed by atoms with E-state index in [4.69, 9.17) is 9.47 Å². The van der Waals surface area contributed by atoms with Crippen molar-refractivity contribution in [2.24, 2.45) is 5.41 Å².